The van der Waals surface area contributed by atoms with Crippen molar-refractivity contribution in [2.24, 2.45) is 5.92 Å². The van der Waals surface area contributed by atoms with Gasteiger partial charge in [0.2, 0.25) is 5.91 Å². The second kappa shape index (κ2) is 6.59. The van der Waals surface area contributed by atoms with Crippen molar-refractivity contribution < 1.29 is 18.3 Å². The van der Waals surface area contributed by atoms with Gasteiger partial charge in [0.05, 0.1) is 17.7 Å². The van der Waals surface area contributed by atoms with Gasteiger partial charge in [0.25, 0.3) is 0 Å². The fourth-order valence-electron chi connectivity index (χ4n) is 3.05. The van der Waals surface area contributed by atoms with E-state index in [1.54, 1.807) is 0 Å². The largest absolute Gasteiger partial charge is 0.492 e. The molecule has 2 heterocycles. The van der Waals surface area contributed by atoms with Crippen LogP contribution >= 0.6 is 0 Å². The average molecular weight is 355 g/mol. The number of H-pyrrole nitrogens is 1. The molecule has 7 heteroatoms. The van der Waals surface area contributed by atoms with Gasteiger partial charge in [-0.25, -0.2) is 8.78 Å². The number of hydrogen-bond donors (Lipinski definition) is 2. The summed E-state index contributed by atoms with van der Waals surface area (Å²) in [5.41, 5.74) is 1.12. The van der Waals surface area contributed by atoms with Crippen molar-refractivity contribution in [3.8, 4) is 16.9 Å². The number of hydrogen-bond acceptors (Lipinski definition) is 3. The lowest BCUT2D eigenvalue weighted by Crippen LogP contribution is -2.32. The third-order valence-electron chi connectivity index (χ3n) is 4.35. The Labute approximate surface area is 148 Å². The van der Waals surface area contributed by atoms with E-state index in [-0.39, 0.29) is 23.8 Å². The van der Waals surface area contributed by atoms with Crippen molar-refractivity contribution in [1.82, 2.24) is 10.2 Å². The minimum atomic E-state index is -0.771. The number of aromatic amines is 1. The Kier molecular flexibility index (Phi) is 4.12. The first-order chi connectivity index (χ1) is 12.6. The summed E-state index contributed by atoms with van der Waals surface area (Å²) in [7, 11) is 0. The number of nitrogens with one attached hydrogen (secondary N) is 2. The Bertz CT molecular complexity index is 934. The maximum atomic E-state index is 14.3. The fraction of sp³-hybridized carbons (Fsp3) is 0.158. The molecule has 0 fully saturated rings. The molecule has 0 spiro atoms. The lowest BCUT2D eigenvalue weighted by atomic mass is 9.96. The minimum Gasteiger partial charge on any atom is -0.492 e. The molecule has 0 radical (unpaired) electrons. The first-order valence-electron chi connectivity index (χ1n) is 8.11. The van der Waals surface area contributed by atoms with Crippen LogP contribution in [0.2, 0.25) is 0 Å². The van der Waals surface area contributed by atoms with Crippen molar-refractivity contribution in [2.45, 2.75) is 6.42 Å². The summed E-state index contributed by atoms with van der Waals surface area (Å²) in [6, 6.07) is 9.69. The lowest BCUT2D eigenvalue weighted by Gasteiger charge is -2.24. The summed E-state index contributed by atoms with van der Waals surface area (Å²) in [6.45, 7) is 0.223. The van der Waals surface area contributed by atoms with Gasteiger partial charge in [-0.1, -0.05) is 18.2 Å². The standard InChI is InChI=1S/C19H15F2N3O2/c20-15-6-14(7-16(21)18(15)13-8-22-23-9-13)24-19(25)12-5-11-3-1-2-4-17(11)26-10-12/h1-4,6-9,12H,5,10H2,(H,22,23)(H,24,25). The summed E-state index contributed by atoms with van der Waals surface area (Å²) < 4.78 is 34.2. The number of aromatic nitrogens is 2. The number of carbonyl (C=O) groups excluding carboxylic acids is 1. The van der Waals surface area contributed by atoms with E-state index in [1.165, 1.54) is 12.4 Å². The molecule has 3 aromatic rings. The summed E-state index contributed by atoms with van der Waals surface area (Å²) in [5, 5.41) is 8.78. The molecule has 1 aliphatic heterocycles. The minimum absolute atomic E-state index is 0.0658. The zero-order chi connectivity index (χ0) is 18.1. The van der Waals surface area contributed by atoms with Crippen LogP contribution in [-0.2, 0) is 11.2 Å². The van der Waals surface area contributed by atoms with Crippen LogP contribution in [0.3, 0.4) is 0 Å². The molecule has 26 heavy (non-hydrogen) atoms. The van der Waals surface area contributed by atoms with Gasteiger partial charge < -0.3 is 10.1 Å². The molecular formula is C19H15F2N3O2. The van der Waals surface area contributed by atoms with E-state index in [2.05, 4.69) is 15.5 Å². The molecule has 5 nitrogen and oxygen atoms in total. The molecule has 0 aliphatic carbocycles. The average Bonchev–Trinajstić information content (AvgIpc) is 3.15. The smallest absolute Gasteiger partial charge is 0.231 e. The molecule has 132 valence electrons. The summed E-state index contributed by atoms with van der Waals surface area (Å²) >= 11 is 0. The molecule has 0 saturated carbocycles. The third kappa shape index (κ3) is 3.03. The van der Waals surface area contributed by atoms with Crippen molar-refractivity contribution in [1.29, 1.82) is 0 Å². The molecule has 0 saturated heterocycles. The van der Waals surface area contributed by atoms with Gasteiger partial charge in [-0.05, 0) is 30.2 Å². The van der Waals surface area contributed by atoms with E-state index in [0.29, 0.717) is 12.0 Å². The molecule has 1 aliphatic rings. The second-order valence-electron chi connectivity index (χ2n) is 6.11. The van der Waals surface area contributed by atoms with Gasteiger partial charge in [-0.2, -0.15) is 5.10 Å². The highest BCUT2D eigenvalue weighted by molar-refractivity contribution is 5.93. The molecular weight excluding hydrogens is 340 g/mol. The topological polar surface area (TPSA) is 67.0 Å². The van der Waals surface area contributed by atoms with E-state index >= 15 is 0 Å². The van der Waals surface area contributed by atoms with Crippen LogP contribution in [0.5, 0.6) is 5.75 Å². The quantitative estimate of drug-likeness (QED) is 0.755. The fourth-order valence-corrected chi connectivity index (χ4v) is 3.05. The zero-order valence-corrected chi connectivity index (χ0v) is 13.6. The molecule has 1 amide bonds. The van der Waals surface area contributed by atoms with Crippen LogP contribution in [0.15, 0.2) is 48.8 Å². The number of amides is 1. The Morgan fingerprint density at radius 3 is 2.73 bits per heavy atom. The maximum Gasteiger partial charge on any atom is 0.231 e. The molecule has 2 aromatic carbocycles. The zero-order valence-electron chi connectivity index (χ0n) is 13.6. The highest BCUT2D eigenvalue weighted by atomic mass is 19.1. The van der Waals surface area contributed by atoms with Crippen molar-refractivity contribution >= 4 is 11.6 Å². The second-order valence-corrected chi connectivity index (χ2v) is 6.11. The van der Waals surface area contributed by atoms with Crippen LogP contribution in [0.4, 0.5) is 14.5 Å². The normalized spacial score (nSPS) is 15.8. The molecule has 1 atom stereocenters. The van der Waals surface area contributed by atoms with E-state index in [9.17, 15) is 13.6 Å². The predicted octanol–water partition coefficient (Wildman–Crippen LogP) is 3.54. The van der Waals surface area contributed by atoms with Crippen LogP contribution < -0.4 is 10.1 Å². The summed E-state index contributed by atoms with van der Waals surface area (Å²) in [6.07, 6.45) is 3.24. The van der Waals surface area contributed by atoms with Crippen molar-refractivity contribution in [2.75, 3.05) is 11.9 Å². The van der Waals surface area contributed by atoms with Gasteiger partial charge in [0.1, 0.15) is 24.0 Å². The molecule has 1 unspecified atom stereocenters. The maximum absolute atomic E-state index is 14.3. The monoisotopic (exact) mass is 355 g/mol. The lowest BCUT2D eigenvalue weighted by molar-refractivity contribution is -0.121. The number of benzene rings is 2. The van der Waals surface area contributed by atoms with Gasteiger partial charge in [0, 0.05) is 17.4 Å². The highest BCUT2D eigenvalue weighted by Gasteiger charge is 2.26. The molecule has 2 N–H and O–H groups in total. The van der Waals surface area contributed by atoms with Gasteiger partial charge in [0.15, 0.2) is 0 Å². The number of carbonyl (C=O) groups is 1. The number of nitrogens with zero attached hydrogens (tertiary/aromatic N) is 1. The number of anilines is 1. The van der Waals surface area contributed by atoms with Gasteiger partial charge >= 0.3 is 0 Å². The molecule has 0 bridgehead atoms. The Morgan fingerprint density at radius 2 is 2.00 bits per heavy atom. The Hall–Kier alpha value is -3.22. The summed E-state index contributed by atoms with van der Waals surface area (Å²) in [4.78, 5) is 12.5. The first-order valence-corrected chi connectivity index (χ1v) is 8.11. The first kappa shape index (κ1) is 16.3. The summed E-state index contributed by atoms with van der Waals surface area (Å²) in [5.74, 6) is -1.55. The van der Waals surface area contributed by atoms with Crippen molar-refractivity contribution in [3.63, 3.8) is 0 Å². The van der Waals surface area contributed by atoms with E-state index in [0.717, 1.165) is 23.4 Å². The van der Waals surface area contributed by atoms with Crippen LogP contribution in [0.1, 0.15) is 5.56 Å². The van der Waals surface area contributed by atoms with Crippen LogP contribution in [0.25, 0.3) is 11.1 Å². The number of rotatable bonds is 3. The number of fused-ring (bicyclic) bond motifs is 1. The van der Waals surface area contributed by atoms with Crippen molar-refractivity contribution in [3.05, 3.63) is 66.0 Å². The third-order valence-corrected chi connectivity index (χ3v) is 4.35. The molecule has 4 rings (SSSR count). The van der Waals surface area contributed by atoms with Gasteiger partial charge in [-0.3, -0.25) is 9.89 Å². The van der Waals surface area contributed by atoms with E-state index < -0.39 is 17.6 Å². The highest BCUT2D eigenvalue weighted by Crippen LogP contribution is 2.30. The Balaban J connectivity index is 1.52. The van der Waals surface area contributed by atoms with E-state index in [1.807, 2.05) is 24.3 Å². The predicted molar refractivity (Wildman–Crippen MR) is 91.7 cm³/mol. The van der Waals surface area contributed by atoms with Gasteiger partial charge in [-0.15, -0.1) is 0 Å². The Morgan fingerprint density at radius 1 is 1.23 bits per heavy atom. The number of para-hydroxylation sites is 1. The van der Waals surface area contributed by atoms with Crippen LogP contribution in [-0.4, -0.2) is 22.7 Å². The number of ether oxygens (including phenoxy) is 1. The molecule has 1 aromatic heterocycles. The SMILES string of the molecule is O=C(Nc1cc(F)c(-c2cn[nH]c2)c(F)c1)C1COc2ccccc2C1. The van der Waals surface area contributed by atoms with Crippen LogP contribution in [0, 0.1) is 17.6 Å². The van der Waals surface area contributed by atoms with E-state index in [4.69, 9.17) is 4.74 Å². The number of halogens is 2.